The minimum absolute atomic E-state index is 0.210. The lowest BCUT2D eigenvalue weighted by molar-refractivity contribution is 0.386. The monoisotopic (exact) mass is 269 g/mol. The fourth-order valence-corrected chi connectivity index (χ4v) is 1.81. The van der Waals surface area contributed by atoms with Gasteiger partial charge in [-0.3, -0.25) is 0 Å². The van der Waals surface area contributed by atoms with E-state index in [-0.39, 0.29) is 5.75 Å². The number of aryl methyl sites for hydroxylation is 1. The molecule has 2 N–H and O–H groups in total. The van der Waals surface area contributed by atoms with Gasteiger partial charge in [-0.25, -0.2) is 9.07 Å². The molecule has 6 heteroatoms. The number of nitrogens with zero attached hydrogens (tertiary/aromatic N) is 2. The first-order valence-electron chi connectivity index (χ1n) is 5.33. The summed E-state index contributed by atoms with van der Waals surface area (Å²) in [5, 5.41) is 4.62. The molecule has 0 aliphatic rings. The Labute approximate surface area is 109 Å². The summed E-state index contributed by atoms with van der Waals surface area (Å²) in [4.78, 5) is 0. The van der Waals surface area contributed by atoms with Crippen LogP contribution in [0.2, 0.25) is 5.02 Å². The Balaban J connectivity index is 2.28. The van der Waals surface area contributed by atoms with Crippen LogP contribution < -0.4 is 10.5 Å². The zero-order chi connectivity index (χ0) is 13.3. The first kappa shape index (κ1) is 12.7. The fourth-order valence-electron chi connectivity index (χ4n) is 1.68. The van der Waals surface area contributed by atoms with Crippen LogP contribution in [0.1, 0.15) is 11.3 Å². The molecule has 2 rings (SSSR count). The molecule has 0 spiro atoms. The van der Waals surface area contributed by atoms with Crippen molar-refractivity contribution in [1.82, 2.24) is 9.78 Å². The average Bonchev–Trinajstić information content (AvgIpc) is 2.57. The number of hydrogen-bond donors (Lipinski definition) is 1. The van der Waals surface area contributed by atoms with E-state index in [1.807, 2.05) is 0 Å². The highest BCUT2D eigenvalue weighted by Crippen LogP contribution is 2.24. The van der Waals surface area contributed by atoms with Crippen LogP contribution in [0, 0.1) is 12.7 Å². The number of benzene rings is 1. The van der Waals surface area contributed by atoms with Gasteiger partial charge in [-0.15, -0.1) is 0 Å². The Morgan fingerprint density at radius 1 is 1.50 bits per heavy atom. The first-order chi connectivity index (χ1) is 8.52. The summed E-state index contributed by atoms with van der Waals surface area (Å²) in [5.74, 6) is 0.176. The highest BCUT2D eigenvalue weighted by molar-refractivity contribution is 6.33. The maximum absolute atomic E-state index is 13.5. The van der Waals surface area contributed by atoms with E-state index in [0.717, 1.165) is 5.56 Å². The number of halogens is 2. The number of aromatic nitrogens is 2. The molecular formula is C12H13ClFN3O. The quantitative estimate of drug-likeness (QED) is 0.932. The van der Waals surface area contributed by atoms with E-state index in [4.69, 9.17) is 22.1 Å². The molecule has 0 atom stereocenters. The van der Waals surface area contributed by atoms with Crippen molar-refractivity contribution in [3.05, 3.63) is 40.3 Å². The van der Waals surface area contributed by atoms with Crippen LogP contribution in [-0.4, -0.2) is 16.9 Å². The van der Waals surface area contributed by atoms with Gasteiger partial charge in [0, 0.05) is 0 Å². The summed E-state index contributed by atoms with van der Waals surface area (Å²) in [6.45, 7) is 2.13. The Bertz CT molecular complexity index is 583. The zero-order valence-corrected chi connectivity index (χ0v) is 10.8. The van der Waals surface area contributed by atoms with Gasteiger partial charge in [0.1, 0.15) is 10.8 Å². The molecule has 0 saturated heterocycles. The zero-order valence-electron chi connectivity index (χ0n) is 10.1. The highest BCUT2D eigenvalue weighted by atomic mass is 35.5. The van der Waals surface area contributed by atoms with Crippen molar-refractivity contribution >= 4 is 17.4 Å². The number of methoxy groups -OCH3 is 1. The third kappa shape index (κ3) is 2.26. The molecule has 1 aromatic carbocycles. The van der Waals surface area contributed by atoms with Crippen LogP contribution in [0.4, 0.5) is 10.2 Å². The molecule has 0 fully saturated rings. The molecule has 0 unspecified atom stereocenters. The lowest BCUT2D eigenvalue weighted by Gasteiger charge is -2.06. The number of nitrogen functional groups attached to an aromatic ring is 1. The average molecular weight is 270 g/mol. The van der Waals surface area contributed by atoms with Gasteiger partial charge >= 0.3 is 0 Å². The molecule has 4 nitrogen and oxygen atoms in total. The molecule has 0 bridgehead atoms. The van der Waals surface area contributed by atoms with Crippen LogP contribution in [-0.2, 0) is 6.54 Å². The minimum atomic E-state index is -0.413. The number of hydrogen-bond acceptors (Lipinski definition) is 3. The van der Waals surface area contributed by atoms with Gasteiger partial charge in [0.05, 0.1) is 19.3 Å². The number of nitrogens with two attached hydrogens (primary N) is 1. The summed E-state index contributed by atoms with van der Waals surface area (Å²) in [7, 11) is 1.42. The maximum atomic E-state index is 13.5. The van der Waals surface area contributed by atoms with E-state index >= 15 is 0 Å². The molecule has 0 amide bonds. The normalized spacial score (nSPS) is 10.7. The Morgan fingerprint density at radius 2 is 2.22 bits per heavy atom. The SMILES string of the molecule is COc1ccc(Cn2nc(C)c(Cl)c2N)cc1F. The summed E-state index contributed by atoms with van der Waals surface area (Å²) in [6.07, 6.45) is 0. The van der Waals surface area contributed by atoms with E-state index < -0.39 is 5.82 Å². The third-order valence-corrected chi connectivity index (χ3v) is 3.11. The second-order valence-corrected chi connectivity index (χ2v) is 4.29. The second kappa shape index (κ2) is 4.86. The summed E-state index contributed by atoms with van der Waals surface area (Å²) >= 11 is 5.94. The van der Waals surface area contributed by atoms with Crippen molar-refractivity contribution in [1.29, 1.82) is 0 Å². The van der Waals surface area contributed by atoms with Crippen LogP contribution in [0.3, 0.4) is 0 Å². The number of rotatable bonds is 3. The maximum Gasteiger partial charge on any atom is 0.165 e. The number of anilines is 1. The van der Waals surface area contributed by atoms with Crippen molar-refractivity contribution in [2.75, 3.05) is 12.8 Å². The molecule has 0 aliphatic heterocycles. The van der Waals surface area contributed by atoms with Crippen molar-refractivity contribution in [2.24, 2.45) is 0 Å². The lowest BCUT2D eigenvalue weighted by Crippen LogP contribution is -2.06. The van der Waals surface area contributed by atoms with Gasteiger partial charge < -0.3 is 10.5 Å². The lowest BCUT2D eigenvalue weighted by atomic mass is 10.2. The molecular weight excluding hydrogens is 257 g/mol. The van der Waals surface area contributed by atoms with E-state index in [1.165, 1.54) is 13.2 Å². The van der Waals surface area contributed by atoms with Gasteiger partial charge in [0.15, 0.2) is 11.6 Å². The predicted octanol–water partition coefficient (Wildman–Crippen LogP) is 2.62. The Hall–Kier alpha value is -1.75. The van der Waals surface area contributed by atoms with Crippen LogP contribution in [0.5, 0.6) is 5.75 Å². The summed E-state index contributed by atoms with van der Waals surface area (Å²) in [5.41, 5.74) is 7.19. The number of ether oxygens (including phenoxy) is 1. The van der Waals surface area contributed by atoms with Gasteiger partial charge in [0.2, 0.25) is 0 Å². The van der Waals surface area contributed by atoms with Crippen LogP contribution in [0.25, 0.3) is 0 Å². The van der Waals surface area contributed by atoms with Crippen molar-refractivity contribution in [3.8, 4) is 5.75 Å². The topological polar surface area (TPSA) is 53.1 Å². The first-order valence-corrected chi connectivity index (χ1v) is 5.71. The summed E-state index contributed by atoms with van der Waals surface area (Å²) < 4.78 is 19.9. The Morgan fingerprint density at radius 3 is 2.72 bits per heavy atom. The van der Waals surface area contributed by atoms with Crippen molar-refractivity contribution in [2.45, 2.75) is 13.5 Å². The molecule has 0 radical (unpaired) electrons. The fraction of sp³-hybridized carbons (Fsp3) is 0.250. The third-order valence-electron chi connectivity index (χ3n) is 2.64. The van der Waals surface area contributed by atoms with Gasteiger partial charge in [-0.1, -0.05) is 17.7 Å². The molecule has 0 aliphatic carbocycles. The van der Waals surface area contributed by atoms with E-state index in [9.17, 15) is 4.39 Å². The van der Waals surface area contributed by atoms with Crippen molar-refractivity contribution < 1.29 is 9.13 Å². The van der Waals surface area contributed by atoms with E-state index in [2.05, 4.69) is 5.10 Å². The van der Waals surface area contributed by atoms with Gasteiger partial charge in [-0.2, -0.15) is 5.10 Å². The smallest absolute Gasteiger partial charge is 0.165 e. The van der Waals surface area contributed by atoms with E-state index in [0.29, 0.717) is 23.1 Å². The molecule has 96 valence electrons. The standard InChI is InChI=1S/C12H13ClFN3O/c1-7-11(13)12(15)17(16-7)6-8-3-4-10(18-2)9(14)5-8/h3-5H,6,15H2,1-2H3. The van der Waals surface area contributed by atoms with Crippen LogP contribution in [0.15, 0.2) is 18.2 Å². The summed E-state index contributed by atoms with van der Waals surface area (Å²) in [6, 6.07) is 4.72. The molecule has 1 aromatic heterocycles. The van der Waals surface area contributed by atoms with Gasteiger partial charge in [0.25, 0.3) is 0 Å². The second-order valence-electron chi connectivity index (χ2n) is 3.91. The molecule has 0 saturated carbocycles. The largest absolute Gasteiger partial charge is 0.494 e. The highest BCUT2D eigenvalue weighted by Gasteiger charge is 2.11. The Kier molecular flexibility index (Phi) is 3.43. The predicted molar refractivity (Wildman–Crippen MR) is 68.4 cm³/mol. The molecule has 2 aromatic rings. The van der Waals surface area contributed by atoms with Crippen LogP contribution >= 0.6 is 11.6 Å². The van der Waals surface area contributed by atoms with Gasteiger partial charge in [-0.05, 0) is 24.6 Å². The van der Waals surface area contributed by atoms with Crippen molar-refractivity contribution in [3.63, 3.8) is 0 Å². The molecule has 18 heavy (non-hydrogen) atoms. The molecule has 1 heterocycles. The van der Waals surface area contributed by atoms with E-state index in [1.54, 1.807) is 23.7 Å². The minimum Gasteiger partial charge on any atom is -0.494 e.